The molecule has 8 heteroatoms. The number of rotatable bonds is 6. The van der Waals surface area contributed by atoms with Gasteiger partial charge in [0.25, 0.3) is 5.91 Å². The first-order valence-corrected chi connectivity index (χ1v) is 6.91. The number of imide groups is 1. The van der Waals surface area contributed by atoms with Gasteiger partial charge in [0.2, 0.25) is 5.91 Å². The average molecular weight is 299 g/mol. The molecule has 3 N–H and O–H groups in total. The maximum Gasteiger partial charge on any atom is 0.315 e. The van der Waals surface area contributed by atoms with Crippen molar-refractivity contribution in [2.75, 3.05) is 13.6 Å². The number of carbonyl (C=O) groups excluding carboxylic acids is 3. The Labute approximate surface area is 122 Å². The predicted octanol–water partition coefficient (Wildman–Crippen LogP) is -0.0661. The first kappa shape index (κ1) is 16.9. The van der Waals surface area contributed by atoms with E-state index in [2.05, 4.69) is 10.6 Å². The Morgan fingerprint density at radius 2 is 2.10 bits per heavy atom. The Hall–Kier alpha value is -2.12. The molecule has 1 rings (SSSR count). The van der Waals surface area contributed by atoms with Crippen molar-refractivity contribution in [3.63, 3.8) is 0 Å². The van der Waals surface area contributed by atoms with Crippen LogP contribution in [0.15, 0.2) is 0 Å². The fourth-order valence-electron chi connectivity index (χ4n) is 2.10. The summed E-state index contributed by atoms with van der Waals surface area (Å²) in [6, 6.07) is -1.24. The van der Waals surface area contributed by atoms with E-state index < -0.39 is 23.9 Å². The third-order valence-corrected chi connectivity index (χ3v) is 3.55. The van der Waals surface area contributed by atoms with Gasteiger partial charge in [-0.15, -0.1) is 0 Å². The van der Waals surface area contributed by atoms with Gasteiger partial charge in [0.05, 0.1) is 0 Å². The summed E-state index contributed by atoms with van der Waals surface area (Å²) in [5.41, 5.74) is 0. The van der Waals surface area contributed by atoms with Crippen LogP contribution in [0.3, 0.4) is 0 Å². The third kappa shape index (κ3) is 5.05. The Morgan fingerprint density at radius 3 is 2.67 bits per heavy atom. The number of hydrogen-bond acceptors (Lipinski definition) is 4. The van der Waals surface area contributed by atoms with Gasteiger partial charge in [0.1, 0.15) is 6.04 Å². The minimum Gasteiger partial charge on any atom is -0.481 e. The molecule has 8 nitrogen and oxygen atoms in total. The summed E-state index contributed by atoms with van der Waals surface area (Å²) in [4.78, 5) is 46.5. The molecule has 1 aliphatic heterocycles. The maximum atomic E-state index is 11.8. The van der Waals surface area contributed by atoms with E-state index >= 15 is 0 Å². The first-order chi connectivity index (χ1) is 9.85. The van der Waals surface area contributed by atoms with Crippen molar-refractivity contribution in [3.05, 3.63) is 0 Å². The summed E-state index contributed by atoms with van der Waals surface area (Å²) in [5.74, 6) is -1.75. The van der Waals surface area contributed by atoms with E-state index in [1.54, 1.807) is 0 Å². The number of nitrogens with zero attached hydrogens (tertiary/aromatic N) is 1. The minimum atomic E-state index is -0.911. The number of carboxylic acids is 1. The van der Waals surface area contributed by atoms with Crippen LogP contribution in [0.5, 0.6) is 0 Å². The molecule has 0 spiro atoms. The summed E-state index contributed by atoms with van der Waals surface area (Å²) in [5, 5.41) is 13.8. The van der Waals surface area contributed by atoms with E-state index in [-0.39, 0.29) is 37.6 Å². The molecule has 0 aliphatic carbocycles. The highest BCUT2D eigenvalue weighted by atomic mass is 16.4. The van der Waals surface area contributed by atoms with Gasteiger partial charge in [0.15, 0.2) is 0 Å². The Morgan fingerprint density at radius 1 is 1.43 bits per heavy atom. The third-order valence-electron chi connectivity index (χ3n) is 3.55. The van der Waals surface area contributed by atoms with Gasteiger partial charge in [-0.1, -0.05) is 13.3 Å². The second-order valence-corrected chi connectivity index (χ2v) is 5.11. The number of likely N-dealkylation sites (N-methyl/N-ethyl adjacent to an activating group) is 1. The molecule has 0 saturated carbocycles. The molecular weight excluding hydrogens is 278 g/mol. The van der Waals surface area contributed by atoms with Gasteiger partial charge in [-0.05, 0) is 12.3 Å². The SMILES string of the molecule is CCC(CNC(=O)NC1CCC(=O)N(C)C1=O)CC(=O)O. The number of amides is 4. The lowest BCUT2D eigenvalue weighted by molar-refractivity contribution is -0.147. The van der Waals surface area contributed by atoms with Crippen LogP contribution in [-0.2, 0) is 14.4 Å². The van der Waals surface area contributed by atoms with Crippen molar-refractivity contribution < 1.29 is 24.3 Å². The van der Waals surface area contributed by atoms with Gasteiger partial charge in [0, 0.05) is 26.4 Å². The number of likely N-dealkylation sites (tertiary alicyclic amines) is 1. The zero-order valence-electron chi connectivity index (χ0n) is 12.2. The van der Waals surface area contributed by atoms with Crippen molar-refractivity contribution >= 4 is 23.8 Å². The minimum absolute atomic E-state index is 0.0175. The molecule has 1 saturated heterocycles. The number of carboxylic acid groups (broad SMARTS) is 1. The highest BCUT2D eigenvalue weighted by Gasteiger charge is 2.32. The van der Waals surface area contributed by atoms with E-state index in [1.165, 1.54) is 7.05 Å². The smallest absolute Gasteiger partial charge is 0.315 e. The summed E-state index contributed by atoms with van der Waals surface area (Å²) in [7, 11) is 1.39. The molecule has 0 aromatic rings. The number of carbonyl (C=O) groups is 4. The van der Waals surface area contributed by atoms with Crippen molar-refractivity contribution in [3.8, 4) is 0 Å². The highest BCUT2D eigenvalue weighted by molar-refractivity contribution is 6.01. The Balaban J connectivity index is 2.41. The average Bonchev–Trinajstić information content (AvgIpc) is 2.43. The Kier molecular flexibility index (Phi) is 6.13. The summed E-state index contributed by atoms with van der Waals surface area (Å²) in [6.07, 6.45) is 1.11. The molecule has 0 aromatic carbocycles. The second-order valence-electron chi connectivity index (χ2n) is 5.11. The van der Waals surface area contributed by atoms with Crippen LogP contribution in [0, 0.1) is 5.92 Å². The van der Waals surface area contributed by atoms with Crippen LogP contribution >= 0.6 is 0 Å². The highest BCUT2D eigenvalue weighted by Crippen LogP contribution is 2.11. The molecule has 1 heterocycles. The van der Waals surface area contributed by atoms with E-state index in [4.69, 9.17) is 5.11 Å². The topological polar surface area (TPSA) is 116 Å². The molecule has 4 amide bonds. The largest absolute Gasteiger partial charge is 0.481 e. The quantitative estimate of drug-likeness (QED) is 0.594. The van der Waals surface area contributed by atoms with E-state index in [1.807, 2.05) is 6.92 Å². The zero-order valence-corrected chi connectivity index (χ0v) is 12.2. The molecule has 21 heavy (non-hydrogen) atoms. The molecule has 1 aliphatic rings. The molecule has 1 fully saturated rings. The predicted molar refractivity (Wildman–Crippen MR) is 73.4 cm³/mol. The lowest BCUT2D eigenvalue weighted by Gasteiger charge is -2.28. The lowest BCUT2D eigenvalue weighted by atomic mass is 10.0. The van der Waals surface area contributed by atoms with Crippen LogP contribution in [0.2, 0.25) is 0 Å². The zero-order chi connectivity index (χ0) is 16.0. The van der Waals surface area contributed by atoms with Crippen LogP contribution in [-0.4, -0.2) is 53.5 Å². The molecule has 2 unspecified atom stereocenters. The number of hydrogen-bond donors (Lipinski definition) is 3. The lowest BCUT2D eigenvalue weighted by Crippen LogP contribution is -2.55. The van der Waals surface area contributed by atoms with Crippen molar-refractivity contribution in [2.24, 2.45) is 5.92 Å². The summed E-state index contributed by atoms with van der Waals surface area (Å²) < 4.78 is 0. The molecule has 0 bridgehead atoms. The van der Waals surface area contributed by atoms with E-state index in [9.17, 15) is 19.2 Å². The number of nitrogens with one attached hydrogen (secondary N) is 2. The molecule has 118 valence electrons. The van der Waals surface area contributed by atoms with Crippen LogP contribution in [0.1, 0.15) is 32.6 Å². The van der Waals surface area contributed by atoms with Gasteiger partial charge in [-0.2, -0.15) is 0 Å². The van der Waals surface area contributed by atoms with E-state index in [0.29, 0.717) is 6.42 Å². The molecular formula is C13H21N3O5. The van der Waals surface area contributed by atoms with Gasteiger partial charge < -0.3 is 15.7 Å². The second kappa shape index (κ2) is 7.61. The monoisotopic (exact) mass is 299 g/mol. The number of piperidine rings is 1. The maximum absolute atomic E-state index is 11.8. The van der Waals surface area contributed by atoms with Crippen molar-refractivity contribution in [2.45, 2.75) is 38.6 Å². The van der Waals surface area contributed by atoms with Crippen LogP contribution < -0.4 is 10.6 Å². The van der Waals surface area contributed by atoms with Crippen molar-refractivity contribution in [1.29, 1.82) is 0 Å². The summed E-state index contributed by atoms with van der Waals surface area (Å²) >= 11 is 0. The molecule has 0 aromatic heterocycles. The normalized spacial score (nSPS) is 20.1. The van der Waals surface area contributed by atoms with Crippen molar-refractivity contribution in [1.82, 2.24) is 15.5 Å². The van der Waals surface area contributed by atoms with Gasteiger partial charge >= 0.3 is 12.0 Å². The number of urea groups is 1. The van der Waals surface area contributed by atoms with Gasteiger partial charge in [-0.3, -0.25) is 19.3 Å². The van der Waals surface area contributed by atoms with Crippen LogP contribution in [0.25, 0.3) is 0 Å². The standard InChI is InChI=1S/C13H21N3O5/c1-3-8(6-11(18)19)7-14-13(21)15-9-4-5-10(17)16(2)12(9)20/h8-9H,3-7H2,1-2H3,(H,18,19)(H2,14,15,21). The van der Waals surface area contributed by atoms with Gasteiger partial charge in [-0.25, -0.2) is 4.79 Å². The fraction of sp³-hybridized carbons (Fsp3) is 0.692. The first-order valence-electron chi connectivity index (χ1n) is 6.91. The Bertz CT molecular complexity index is 438. The summed E-state index contributed by atoms with van der Waals surface area (Å²) in [6.45, 7) is 2.07. The number of aliphatic carboxylic acids is 1. The van der Waals surface area contributed by atoms with Crippen LogP contribution in [0.4, 0.5) is 4.79 Å². The fourth-order valence-corrected chi connectivity index (χ4v) is 2.10. The molecule has 0 radical (unpaired) electrons. The molecule has 2 atom stereocenters. The van der Waals surface area contributed by atoms with E-state index in [0.717, 1.165) is 4.90 Å².